The Labute approximate surface area is 145 Å². The van der Waals surface area contributed by atoms with E-state index >= 15 is 0 Å². The second kappa shape index (κ2) is 9.02. The maximum absolute atomic E-state index is 12.1. The summed E-state index contributed by atoms with van der Waals surface area (Å²) in [5, 5.41) is 6.32. The molecule has 1 aromatic heterocycles. The first-order valence-electron chi connectivity index (χ1n) is 9.49. The van der Waals surface area contributed by atoms with Gasteiger partial charge in [0.2, 0.25) is 0 Å². The van der Waals surface area contributed by atoms with Crippen molar-refractivity contribution in [3.8, 4) is 0 Å². The topological polar surface area (TPSA) is 57.3 Å². The van der Waals surface area contributed by atoms with Gasteiger partial charge in [0, 0.05) is 50.0 Å². The number of likely N-dealkylation sites (tertiary alicyclic amines) is 1. The summed E-state index contributed by atoms with van der Waals surface area (Å²) in [5.41, 5.74) is 1.16. The lowest BCUT2D eigenvalue weighted by molar-refractivity contribution is 0.191. The first-order valence-corrected chi connectivity index (χ1v) is 9.49. The molecule has 1 saturated carbocycles. The molecule has 0 spiro atoms. The fourth-order valence-corrected chi connectivity index (χ4v) is 3.78. The molecular weight excluding hydrogens is 300 g/mol. The largest absolute Gasteiger partial charge is 0.335 e. The van der Waals surface area contributed by atoms with Crippen molar-refractivity contribution < 1.29 is 4.79 Å². The van der Waals surface area contributed by atoms with Gasteiger partial charge in [0.25, 0.3) is 0 Å². The highest BCUT2D eigenvalue weighted by Gasteiger charge is 2.22. The predicted octanol–water partition coefficient (Wildman–Crippen LogP) is 2.72. The van der Waals surface area contributed by atoms with E-state index in [0.29, 0.717) is 12.1 Å². The van der Waals surface area contributed by atoms with E-state index < -0.39 is 0 Å². The minimum atomic E-state index is 0.0360. The fraction of sp³-hybridized carbons (Fsp3) is 0.684. The van der Waals surface area contributed by atoms with E-state index in [1.807, 2.05) is 18.3 Å². The molecule has 2 amide bonds. The van der Waals surface area contributed by atoms with E-state index in [2.05, 4.69) is 26.6 Å². The lowest BCUT2D eigenvalue weighted by atomic mass is 9.96. The molecule has 0 atom stereocenters. The molecule has 5 heteroatoms. The highest BCUT2D eigenvalue weighted by Crippen LogP contribution is 2.17. The summed E-state index contributed by atoms with van der Waals surface area (Å²) in [6.07, 6.45) is 11.0. The van der Waals surface area contributed by atoms with Crippen molar-refractivity contribution in [3.05, 3.63) is 30.1 Å². The van der Waals surface area contributed by atoms with Crippen LogP contribution in [-0.2, 0) is 6.42 Å². The molecule has 24 heavy (non-hydrogen) atoms. The van der Waals surface area contributed by atoms with Gasteiger partial charge >= 0.3 is 6.03 Å². The van der Waals surface area contributed by atoms with Gasteiger partial charge in [-0.15, -0.1) is 0 Å². The van der Waals surface area contributed by atoms with E-state index in [1.54, 1.807) is 0 Å². The third-order valence-electron chi connectivity index (χ3n) is 5.27. The van der Waals surface area contributed by atoms with Crippen molar-refractivity contribution in [2.24, 2.45) is 0 Å². The number of piperidine rings is 1. The van der Waals surface area contributed by atoms with Crippen LogP contribution in [0.25, 0.3) is 0 Å². The number of hydrogen-bond donors (Lipinski definition) is 2. The zero-order chi connectivity index (χ0) is 16.6. The molecule has 0 aromatic carbocycles. The first-order chi connectivity index (χ1) is 11.8. The number of pyridine rings is 1. The number of hydrogen-bond acceptors (Lipinski definition) is 3. The molecule has 2 heterocycles. The van der Waals surface area contributed by atoms with Gasteiger partial charge in [0.15, 0.2) is 0 Å². The number of nitrogens with zero attached hydrogens (tertiary/aromatic N) is 2. The standard InChI is InChI=1S/C19H30N4O/c24-19(21-17-7-2-1-3-8-17)22-18-10-14-23(15-11-18)13-9-16-6-4-5-12-20-16/h4-6,12,17-18H,1-3,7-11,13-15H2,(H2,21,22,24). The molecule has 3 rings (SSSR count). The molecule has 2 N–H and O–H groups in total. The van der Waals surface area contributed by atoms with Crippen LogP contribution in [-0.4, -0.2) is 47.6 Å². The third kappa shape index (κ3) is 5.48. The van der Waals surface area contributed by atoms with Gasteiger partial charge in [-0.1, -0.05) is 25.3 Å². The smallest absolute Gasteiger partial charge is 0.315 e. The number of amides is 2. The molecule has 0 unspecified atom stereocenters. The van der Waals surface area contributed by atoms with Crippen LogP contribution in [0.2, 0.25) is 0 Å². The Kier molecular flexibility index (Phi) is 6.47. The van der Waals surface area contributed by atoms with E-state index in [4.69, 9.17) is 0 Å². The van der Waals surface area contributed by atoms with Crippen molar-refractivity contribution in [1.29, 1.82) is 0 Å². The highest BCUT2D eigenvalue weighted by atomic mass is 16.2. The molecule has 0 bridgehead atoms. The maximum Gasteiger partial charge on any atom is 0.315 e. The third-order valence-corrected chi connectivity index (χ3v) is 5.27. The van der Waals surface area contributed by atoms with Crippen LogP contribution in [0.5, 0.6) is 0 Å². The Morgan fingerprint density at radius 2 is 1.75 bits per heavy atom. The van der Waals surface area contributed by atoms with Gasteiger partial charge < -0.3 is 15.5 Å². The predicted molar refractivity (Wildman–Crippen MR) is 95.9 cm³/mol. The number of urea groups is 1. The summed E-state index contributed by atoms with van der Waals surface area (Å²) in [4.78, 5) is 19.0. The van der Waals surface area contributed by atoms with Gasteiger partial charge in [0.05, 0.1) is 0 Å². The van der Waals surface area contributed by atoms with E-state index in [0.717, 1.165) is 57.4 Å². The monoisotopic (exact) mass is 330 g/mol. The average Bonchev–Trinajstić information content (AvgIpc) is 2.63. The number of nitrogens with one attached hydrogen (secondary N) is 2. The minimum absolute atomic E-state index is 0.0360. The second-order valence-electron chi connectivity index (χ2n) is 7.14. The molecule has 1 aliphatic carbocycles. The van der Waals surface area contributed by atoms with Crippen LogP contribution in [0.3, 0.4) is 0 Å². The van der Waals surface area contributed by atoms with Gasteiger partial charge in [-0.2, -0.15) is 0 Å². The Morgan fingerprint density at radius 1 is 1.04 bits per heavy atom. The fourth-order valence-electron chi connectivity index (χ4n) is 3.78. The molecule has 132 valence electrons. The van der Waals surface area contributed by atoms with E-state index in [-0.39, 0.29) is 6.03 Å². The summed E-state index contributed by atoms with van der Waals surface area (Å²) in [6, 6.07) is 6.83. The number of rotatable bonds is 5. The Morgan fingerprint density at radius 3 is 2.42 bits per heavy atom. The van der Waals surface area contributed by atoms with Crippen molar-refractivity contribution in [2.45, 2.75) is 63.5 Å². The van der Waals surface area contributed by atoms with Crippen molar-refractivity contribution >= 4 is 6.03 Å². The molecule has 5 nitrogen and oxygen atoms in total. The normalized spacial score (nSPS) is 20.7. The van der Waals surface area contributed by atoms with Crippen LogP contribution in [0.1, 0.15) is 50.6 Å². The zero-order valence-electron chi connectivity index (χ0n) is 14.5. The van der Waals surface area contributed by atoms with Gasteiger partial charge in [-0.25, -0.2) is 4.79 Å². The van der Waals surface area contributed by atoms with Crippen LogP contribution < -0.4 is 10.6 Å². The quantitative estimate of drug-likeness (QED) is 0.873. The Bertz CT molecular complexity index is 493. The van der Waals surface area contributed by atoms with Gasteiger partial charge in [-0.05, 0) is 37.8 Å². The molecule has 1 aromatic rings. The molecule has 2 fully saturated rings. The number of aromatic nitrogens is 1. The summed E-state index contributed by atoms with van der Waals surface area (Å²) in [5.74, 6) is 0. The van der Waals surface area contributed by atoms with Crippen LogP contribution in [0, 0.1) is 0 Å². The summed E-state index contributed by atoms with van der Waals surface area (Å²) >= 11 is 0. The molecule has 0 radical (unpaired) electrons. The Hall–Kier alpha value is -1.62. The van der Waals surface area contributed by atoms with Crippen LogP contribution in [0.15, 0.2) is 24.4 Å². The summed E-state index contributed by atoms with van der Waals surface area (Å²) < 4.78 is 0. The minimum Gasteiger partial charge on any atom is -0.335 e. The molecule has 1 aliphatic heterocycles. The van der Waals surface area contributed by atoms with Crippen LogP contribution in [0.4, 0.5) is 4.79 Å². The average molecular weight is 330 g/mol. The maximum atomic E-state index is 12.1. The molecule has 1 saturated heterocycles. The first kappa shape index (κ1) is 17.2. The second-order valence-corrected chi connectivity index (χ2v) is 7.14. The van der Waals surface area contributed by atoms with Crippen molar-refractivity contribution in [2.75, 3.05) is 19.6 Å². The lowest BCUT2D eigenvalue weighted by Gasteiger charge is -2.33. The number of carbonyl (C=O) groups is 1. The van der Waals surface area contributed by atoms with Crippen LogP contribution >= 0.6 is 0 Å². The lowest BCUT2D eigenvalue weighted by Crippen LogP contribution is -2.50. The zero-order valence-corrected chi connectivity index (χ0v) is 14.5. The number of carbonyl (C=O) groups excluding carboxylic acids is 1. The van der Waals surface area contributed by atoms with Gasteiger partial charge in [-0.3, -0.25) is 4.98 Å². The van der Waals surface area contributed by atoms with Gasteiger partial charge in [0.1, 0.15) is 0 Å². The van der Waals surface area contributed by atoms with E-state index in [9.17, 15) is 4.79 Å². The summed E-state index contributed by atoms with van der Waals surface area (Å²) in [6.45, 7) is 3.17. The highest BCUT2D eigenvalue weighted by molar-refractivity contribution is 5.74. The summed E-state index contributed by atoms with van der Waals surface area (Å²) in [7, 11) is 0. The van der Waals surface area contributed by atoms with Crippen molar-refractivity contribution in [1.82, 2.24) is 20.5 Å². The van der Waals surface area contributed by atoms with Crippen molar-refractivity contribution in [3.63, 3.8) is 0 Å². The molecular formula is C19H30N4O. The SMILES string of the molecule is O=C(NC1CCCCC1)NC1CCN(CCc2ccccn2)CC1. The Balaban J connectivity index is 1.32. The van der Waals surface area contributed by atoms with E-state index in [1.165, 1.54) is 19.3 Å². The molecule has 2 aliphatic rings.